The first-order chi connectivity index (χ1) is 5.84. The van der Waals surface area contributed by atoms with Gasteiger partial charge in [0.1, 0.15) is 0 Å². The van der Waals surface area contributed by atoms with Crippen molar-refractivity contribution in [1.29, 1.82) is 0 Å². The molecule has 0 N–H and O–H groups in total. The first-order valence-corrected chi connectivity index (χ1v) is 5.84. The molecule has 1 fully saturated rings. The van der Waals surface area contributed by atoms with Crippen LogP contribution in [0, 0.1) is 11.8 Å². The lowest BCUT2D eigenvalue weighted by Gasteiger charge is -2.27. The second-order valence-electron chi connectivity index (χ2n) is 4.52. The summed E-state index contributed by atoms with van der Waals surface area (Å²) in [5, 5.41) is 0. The fourth-order valence-electron chi connectivity index (χ4n) is 2.47. The van der Waals surface area contributed by atoms with Crippen LogP contribution in [-0.2, 0) is 0 Å². The zero-order valence-electron chi connectivity index (χ0n) is 8.81. The van der Waals surface area contributed by atoms with Gasteiger partial charge in [-0.15, -0.1) is 0 Å². The molecule has 0 amide bonds. The van der Waals surface area contributed by atoms with E-state index in [0.29, 0.717) is 0 Å². The molecule has 1 aliphatic rings. The highest BCUT2D eigenvalue weighted by molar-refractivity contribution is 4.70. The van der Waals surface area contributed by atoms with Gasteiger partial charge in [0.25, 0.3) is 0 Å². The molecule has 1 atom stereocenters. The van der Waals surface area contributed by atoms with Gasteiger partial charge in [0, 0.05) is 0 Å². The van der Waals surface area contributed by atoms with Gasteiger partial charge in [0.15, 0.2) is 0 Å². The molecule has 0 heterocycles. The van der Waals surface area contributed by atoms with Crippen LogP contribution >= 0.6 is 0 Å². The maximum absolute atomic E-state index is 2.46. The van der Waals surface area contributed by atoms with E-state index in [-0.39, 0.29) is 0 Å². The molecule has 0 spiro atoms. The molecule has 0 aromatic carbocycles. The van der Waals surface area contributed by atoms with E-state index in [1.165, 1.54) is 51.4 Å². The maximum atomic E-state index is 2.46. The molecule has 72 valence electrons. The number of hydrogen-bond donors (Lipinski definition) is 0. The summed E-state index contributed by atoms with van der Waals surface area (Å²) < 4.78 is 0. The Hall–Kier alpha value is 0. The van der Waals surface area contributed by atoms with E-state index in [1.807, 2.05) is 0 Å². The molecule has 1 saturated carbocycles. The summed E-state index contributed by atoms with van der Waals surface area (Å²) in [7, 11) is 0. The predicted molar refractivity (Wildman–Crippen MR) is 55.3 cm³/mol. The van der Waals surface area contributed by atoms with Crippen molar-refractivity contribution < 1.29 is 0 Å². The van der Waals surface area contributed by atoms with Crippen LogP contribution in [-0.4, -0.2) is 0 Å². The van der Waals surface area contributed by atoms with Crippen LogP contribution in [0.1, 0.15) is 65.2 Å². The van der Waals surface area contributed by atoms with Gasteiger partial charge in [0.05, 0.1) is 0 Å². The molecule has 0 bridgehead atoms. The van der Waals surface area contributed by atoms with Crippen molar-refractivity contribution in [3.63, 3.8) is 0 Å². The van der Waals surface area contributed by atoms with Crippen LogP contribution in [0.2, 0.25) is 0 Å². The minimum atomic E-state index is 1.00. The largest absolute Gasteiger partial charge is 0.0654 e. The third-order valence-electron chi connectivity index (χ3n) is 3.47. The van der Waals surface area contributed by atoms with E-state index in [0.717, 1.165) is 11.8 Å². The Balaban J connectivity index is 2.15. The Morgan fingerprint density at radius 1 is 1.17 bits per heavy atom. The van der Waals surface area contributed by atoms with E-state index in [2.05, 4.69) is 13.8 Å². The molecular weight excluding hydrogens is 144 g/mol. The van der Waals surface area contributed by atoms with E-state index in [4.69, 9.17) is 0 Å². The fourth-order valence-corrected chi connectivity index (χ4v) is 2.47. The van der Waals surface area contributed by atoms with Crippen molar-refractivity contribution in [1.82, 2.24) is 0 Å². The molecule has 1 aliphatic carbocycles. The van der Waals surface area contributed by atoms with E-state index in [1.54, 1.807) is 0 Å². The summed E-state index contributed by atoms with van der Waals surface area (Å²) in [5.41, 5.74) is 0. The smallest absolute Gasteiger partial charge is 0.0388 e. The average molecular weight is 168 g/mol. The minimum Gasteiger partial charge on any atom is -0.0654 e. The van der Waals surface area contributed by atoms with Crippen LogP contribution in [0.15, 0.2) is 0 Å². The number of hydrogen-bond acceptors (Lipinski definition) is 0. The van der Waals surface area contributed by atoms with Crippen LogP contribution in [0.25, 0.3) is 0 Å². The molecule has 0 aromatic rings. The average Bonchev–Trinajstić information content (AvgIpc) is 2.15. The summed E-state index contributed by atoms with van der Waals surface area (Å²) in [4.78, 5) is 0. The summed E-state index contributed by atoms with van der Waals surface area (Å²) in [6.45, 7) is 4.76. The van der Waals surface area contributed by atoms with Crippen LogP contribution in [0.4, 0.5) is 0 Å². The van der Waals surface area contributed by atoms with Crippen molar-refractivity contribution in [3.05, 3.63) is 0 Å². The Morgan fingerprint density at radius 2 is 1.83 bits per heavy atom. The lowest BCUT2D eigenvalue weighted by molar-refractivity contribution is 0.248. The normalized spacial score (nSPS) is 22.5. The van der Waals surface area contributed by atoms with Crippen molar-refractivity contribution in [2.45, 2.75) is 65.2 Å². The van der Waals surface area contributed by atoms with Gasteiger partial charge in [-0.05, 0) is 11.8 Å². The van der Waals surface area contributed by atoms with Gasteiger partial charge in [-0.2, -0.15) is 0 Å². The maximum Gasteiger partial charge on any atom is -0.0388 e. The van der Waals surface area contributed by atoms with Gasteiger partial charge in [-0.1, -0.05) is 65.2 Å². The molecule has 0 aromatic heterocycles. The molecular formula is C12H24. The zero-order chi connectivity index (χ0) is 8.81. The first kappa shape index (κ1) is 10.1. The summed E-state index contributed by atoms with van der Waals surface area (Å²) in [6, 6.07) is 0. The molecule has 0 nitrogen and oxygen atoms in total. The molecule has 1 rings (SSSR count). The fraction of sp³-hybridized carbons (Fsp3) is 1.00. The Bertz CT molecular complexity index is 101. The third-order valence-corrected chi connectivity index (χ3v) is 3.47. The highest BCUT2D eigenvalue weighted by atomic mass is 14.2. The van der Waals surface area contributed by atoms with Gasteiger partial charge in [-0.3, -0.25) is 0 Å². The van der Waals surface area contributed by atoms with Crippen molar-refractivity contribution in [2.75, 3.05) is 0 Å². The van der Waals surface area contributed by atoms with E-state index >= 15 is 0 Å². The SMILES string of the molecule is CCCC[C@@H](C)C1CCCCC1. The van der Waals surface area contributed by atoms with Crippen molar-refractivity contribution in [3.8, 4) is 0 Å². The monoisotopic (exact) mass is 168 g/mol. The first-order valence-electron chi connectivity index (χ1n) is 5.84. The number of unbranched alkanes of at least 4 members (excludes halogenated alkanes) is 1. The van der Waals surface area contributed by atoms with Crippen molar-refractivity contribution >= 4 is 0 Å². The molecule has 0 heteroatoms. The molecule has 0 saturated heterocycles. The lowest BCUT2D eigenvalue weighted by atomic mass is 9.79. The summed E-state index contributed by atoms with van der Waals surface area (Å²) >= 11 is 0. The highest BCUT2D eigenvalue weighted by Crippen LogP contribution is 2.32. The zero-order valence-corrected chi connectivity index (χ0v) is 8.81. The summed E-state index contributed by atoms with van der Waals surface area (Å²) in [5.74, 6) is 2.08. The van der Waals surface area contributed by atoms with Gasteiger partial charge in [-0.25, -0.2) is 0 Å². The lowest BCUT2D eigenvalue weighted by Crippen LogP contribution is -2.15. The van der Waals surface area contributed by atoms with Crippen LogP contribution in [0.5, 0.6) is 0 Å². The minimum absolute atomic E-state index is 1.00. The Kier molecular flexibility index (Phi) is 4.72. The van der Waals surface area contributed by atoms with Gasteiger partial charge < -0.3 is 0 Å². The van der Waals surface area contributed by atoms with E-state index < -0.39 is 0 Å². The predicted octanol–water partition coefficient (Wildman–Crippen LogP) is 4.39. The van der Waals surface area contributed by atoms with E-state index in [9.17, 15) is 0 Å². The topological polar surface area (TPSA) is 0 Å². The Morgan fingerprint density at radius 3 is 2.42 bits per heavy atom. The van der Waals surface area contributed by atoms with Crippen LogP contribution < -0.4 is 0 Å². The van der Waals surface area contributed by atoms with Crippen LogP contribution in [0.3, 0.4) is 0 Å². The standard InChI is InChI=1S/C12H24/c1-3-4-8-11(2)12-9-6-5-7-10-12/h11-12H,3-10H2,1-2H3/t11-/m1/s1. The highest BCUT2D eigenvalue weighted by Gasteiger charge is 2.18. The number of rotatable bonds is 4. The van der Waals surface area contributed by atoms with Crippen molar-refractivity contribution in [2.24, 2.45) is 11.8 Å². The Labute approximate surface area is 77.7 Å². The molecule has 0 aliphatic heterocycles. The third kappa shape index (κ3) is 3.16. The summed E-state index contributed by atoms with van der Waals surface area (Å²) in [6.07, 6.45) is 11.8. The van der Waals surface area contributed by atoms with Gasteiger partial charge in [0.2, 0.25) is 0 Å². The molecule has 0 radical (unpaired) electrons. The second kappa shape index (κ2) is 5.61. The van der Waals surface area contributed by atoms with Gasteiger partial charge >= 0.3 is 0 Å². The molecule has 0 unspecified atom stereocenters. The molecule has 12 heavy (non-hydrogen) atoms. The quantitative estimate of drug-likeness (QED) is 0.584. The second-order valence-corrected chi connectivity index (χ2v) is 4.52.